The summed E-state index contributed by atoms with van der Waals surface area (Å²) in [6.07, 6.45) is 3.46. The van der Waals surface area contributed by atoms with Gasteiger partial charge in [0.2, 0.25) is 0 Å². The molecule has 0 radical (unpaired) electrons. The molecule has 1 aromatic carbocycles. The number of nitrogen functional groups attached to an aromatic ring is 1. The van der Waals surface area contributed by atoms with E-state index in [9.17, 15) is 0 Å². The van der Waals surface area contributed by atoms with Gasteiger partial charge in [-0.3, -0.25) is 10.1 Å². The third-order valence-corrected chi connectivity index (χ3v) is 2.59. The van der Waals surface area contributed by atoms with E-state index in [1.165, 1.54) is 0 Å². The molecule has 0 aliphatic heterocycles. The highest BCUT2D eigenvalue weighted by molar-refractivity contribution is 5.97. The van der Waals surface area contributed by atoms with Gasteiger partial charge >= 0.3 is 0 Å². The molecule has 18 heavy (non-hydrogen) atoms. The average molecular weight is 244 g/mol. The molecule has 0 bridgehead atoms. The fourth-order valence-corrected chi connectivity index (χ4v) is 1.63. The van der Waals surface area contributed by atoms with Crippen molar-refractivity contribution in [1.29, 1.82) is 5.41 Å². The number of nitrogens with zero attached hydrogens (tertiary/aromatic N) is 2. The van der Waals surface area contributed by atoms with Crippen molar-refractivity contribution in [3.63, 3.8) is 0 Å². The molecule has 0 saturated heterocycles. The van der Waals surface area contributed by atoms with Crippen LogP contribution in [-0.2, 0) is 6.54 Å². The molecule has 0 amide bonds. The van der Waals surface area contributed by atoms with Crippen LogP contribution in [0.5, 0.6) is 11.5 Å². The molecule has 0 atom stereocenters. The fourth-order valence-electron chi connectivity index (χ4n) is 1.63. The Morgan fingerprint density at radius 2 is 2.28 bits per heavy atom. The van der Waals surface area contributed by atoms with Crippen LogP contribution in [0, 0.1) is 12.3 Å². The van der Waals surface area contributed by atoms with Gasteiger partial charge in [-0.25, -0.2) is 0 Å². The predicted octanol–water partition coefficient (Wildman–Crippen LogP) is 2.29. The number of ether oxygens (including phenoxy) is 1. The minimum atomic E-state index is -0.00659. The lowest BCUT2D eigenvalue weighted by atomic mass is 10.1. The zero-order chi connectivity index (χ0) is 13.1. The van der Waals surface area contributed by atoms with Crippen molar-refractivity contribution in [3.05, 3.63) is 41.7 Å². The van der Waals surface area contributed by atoms with Crippen LogP contribution in [0.25, 0.3) is 0 Å². The highest BCUT2D eigenvalue weighted by Crippen LogP contribution is 2.25. The smallest absolute Gasteiger partial charge is 0.165 e. The van der Waals surface area contributed by atoms with Gasteiger partial charge in [0.15, 0.2) is 5.75 Å². The van der Waals surface area contributed by atoms with Crippen molar-refractivity contribution in [3.8, 4) is 11.5 Å². The molecular weight excluding hydrogens is 228 g/mol. The van der Waals surface area contributed by atoms with Crippen molar-refractivity contribution >= 4 is 5.84 Å². The van der Waals surface area contributed by atoms with Crippen molar-refractivity contribution in [1.82, 2.24) is 9.78 Å². The maximum atomic E-state index is 7.53. The molecule has 1 aromatic heterocycles. The number of aryl methyl sites for hydroxylation is 2. The van der Waals surface area contributed by atoms with Crippen molar-refractivity contribution < 1.29 is 4.74 Å². The molecule has 5 nitrogen and oxygen atoms in total. The number of nitrogens with one attached hydrogen (secondary N) is 1. The summed E-state index contributed by atoms with van der Waals surface area (Å²) >= 11 is 0. The van der Waals surface area contributed by atoms with Crippen LogP contribution in [0.1, 0.15) is 18.1 Å². The molecule has 0 unspecified atom stereocenters. The summed E-state index contributed by atoms with van der Waals surface area (Å²) in [5, 5.41) is 11.7. The summed E-state index contributed by atoms with van der Waals surface area (Å²) in [5.74, 6) is 1.22. The molecule has 2 rings (SSSR count). The lowest BCUT2D eigenvalue weighted by Crippen LogP contribution is -2.12. The lowest BCUT2D eigenvalue weighted by molar-refractivity contribution is 0.479. The first-order valence-corrected chi connectivity index (χ1v) is 5.75. The van der Waals surface area contributed by atoms with E-state index in [1.807, 2.05) is 32.2 Å². The summed E-state index contributed by atoms with van der Waals surface area (Å²) in [6, 6.07) is 5.55. The number of hydrogen-bond acceptors (Lipinski definition) is 3. The highest BCUT2D eigenvalue weighted by Gasteiger charge is 2.09. The zero-order valence-electron chi connectivity index (χ0n) is 10.5. The summed E-state index contributed by atoms with van der Waals surface area (Å²) in [4.78, 5) is 0. The van der Waals surface area contributed by atoms with Crippen molar-refractivity contribution in [2.45, 2.75) is 20.4 Å². The van der Waals surface area contributed by atoms with Gasteiger partial charge in [0.05, 0.1) is 18.0 Å². The van der Waals surface area contributed by atoms with E-state index in [-0.39, 0.29) is 5.84 Å². The second-order valence-corrected chi connectivity index (χ2v) is 4.05. The Bertz CT molecular complexity index is 574. The van der Waals surface area contributed by atoms with Gasteiger partial charge < -0.3 is 10.5 Å². The molecule has 0 aliphatic rings. The third kappa shape index (κ3) is 2.51. The molecule has 2 aromatic rings. The Kier molecular flexibility index (Phi) is 3.32. The van der Waals surface area contributed by atoms with Gasteiger partial charge in [-0.2, -0.15) is 5.10 Å². The highest BCUT2D eigenvalue weighted by atomic mass is 16.5. The second-order valence-electron chi connectivity index (χ2n) is 4.05. The van der Waals surface area contributed by atoms with Crippen LogP contribution >= 0.6 is 0 Å². The molecular formula is C13H16N4O. The van der Waals surface area contributed by atoms with E-state index in [4.69, 9.17) is 15.9 Å². The largest absolute Gasteiger partial charge is 0.453 e. The van der Waals surface area contributed by atoms with E-state index < -0.39 is 0 Å². The molecule has 0 aliphatic carbocycles. The monoisotopic (exact) mass is 244 g/mol. The van der Waals surface area contributed by atoms with Gasteiger partial charge in [-0.05, 0) is 31.5 Å². The zero-order valence-corrected chi connectivity index (χ0v) is 10.5. The van der Waals surface area contributed by atoms with Crippen LogP contribution in [0.15, 0.2) is 30.6 Å². The van der Waals surface area contributed by atoms with Crippen LogP contribution in [0.3, 0.4) is 0 Å². The number of benzene rings is 1. The van der Waals surface area contributed by atoms with Crippen molar-refractivity contribution in [2.24, 2.45) is 5.73 Å². The quantitative estimate of drug-likeness (QED) is 0.640. The van der Waals surface area contributed by atoms with Gasteiger partial charge in [0.1, 0.15) is 11.6 Å². The maximum absolute atomic E-state index is 7.53. The first kappa shape index (κ1) is 12.2. The molecule has 3 N–H and O–H groups in total. The van der Waals surface area contributed by atoms with Gasteiger partial charge in [-0.15, -0.1) is 0 Å². The lowest BCUT2D eigenvalue weighted by Gasteiger charge is -2.09. The van der Waals surface area contributed by atoms with E-state index in [0.717, 1.165) is 12.1 Å². The summed E-state index contributed by atoms with van der Waals surface area (Å²) in [6.45, 7) is 4.76. The minimum absolute atomic E-state index is 0.00659. The summed E-state index contributed by atoms with van der Waals surface area (Å²) in [5.41, 5.74) is 7.17. The minimum Gasteiger partial charge on any atom is -0.453 e. The van der Waals surface area contributed by atoms with E-state index >= 15 is 0 Å². The molecule has 0 spiro atoms. The molecule has 1 heterocycles. The summed E-state index contributed by atoms with van der Waals surface area (Å²) in [7, 11) is 0. The standard InChI is InChI=1S/C13H16N4O/c1-3-17-8-10(7-16-17)18-12-6-9(2)4-5-11(12)13(14)15/h4-8H,3H2,1-2H3,(H3,14,15). The van der Waals surface area contributed by atoms with E-state index in [0.29, 0.717) is 17.1 Å². The number of hydrogen-bond donors (Lipinski definition) is 2. The number of rotatable bonds is 4. The Morgan fingerprint density at radius 3 is 2.89 bits per heavy atom. The molecule has 0 saturated carbocycles. The maximum Gasteiger partial charge on any atom is 0.165 e. The second kappa shape index (κ2) is 4.91. The number of amidine groups is 1. The Morgan fingerprint density at radius 1 is 1.50 bits per heavy atom. The van der Waals surface area contributed by atoms with Crippen LogP contribution < -0.4 is 10.5 Å². The third-order valence-electron chi connectivity index (χ3n) is 2.59. The first-order valence-electron chi connectivity index (χ1n) is 5.75. The fraction of sp³-hybridized carbons (Fsp3) is 0.231. The first-order chi connectivity index (χ1) is 8.60. The number of aromatic nitrogens is 2. The van der Waals surface area contributed by atoms with Crippen molar-refractivity contribution in [2.75, 3.05) is 0 Å². The SMILES string of the molecule is CCn1cc(Oc2cc(C)ccc2C(=N)N)cn1. The summed E-state index contributed by atoms with van der Waals surface area (Å²) < 4.78 is 7.51. The van der Waals surface area contributed by atoms with Crippen LogP contribution in [0.4, 0.5) is 0 Å². The van der Waals surface area contributed by atoms with E-state index in [1.54, 1.807) is 16.9 Å². The number of nitrogens with two attached hydrogens (primary N) is 1. The van der Waals surface area contributed by atoms with Crippen LogP contribution in [-0.4, -0.2) is 15.6 Å². The van der Waals surface area contributed by atoms with Gasteiger partial charge in [0.25, 0.3) is 0 Å². The average Bonchev–Trinajstić information content (AvgIpc) is 2.76. The van der Waals surface area contributed by atoms with Gasteiger partial charge in [-0.1, -0.05) is 6.07 Å². The topological polar surface area (TPSA) is 76.9 Å². The molecule has 94 valence electrons. The molecule has 0 fully saturated rings. The Labute approximate surface area is 106 Å². The molecule has 5 heteroatoms. The Hall–Kier alpha value is -2.30. The normalized spacial score (nSPS) is 10.3. The van der Waals surface area contributed by atoms with Crippen LogP contribution in [0.2, 0.25) is 0 Å². The van der Waals surface area contributed by atoms with E-state index in [2.05, 4.69) is 5.10 Å². The Balaban J connectivity index is 2.32. The predicted molar refractivity (Wildman–Crippen MR) is 70.2 cm³/mol. The van der Waals surface area contributed by atoms with Gasteiger partial charge in [0, 0.05) is 6.54 Å².